The summed E-state index contributed by atoms with van der Waals surface area (Å²) >= 11 is 0. The van der Waals surface area contributed by atoms with Crippen LogP contribution in [0.2, 0.25) is 0 Å². The molecule has 112 valence electrons. The van der Waals surface area contributed by atoms with Crippen LogP contribution >= 0.6 is 0 Å². The Hall–Kier alpha value is -2.05. The van der Waals surface area contributed by atoms with Crippen LogP contribution in [-0.2, 0) is 21.2 Å². The van der Waals surface area contributed by atoms with Gasteiger partial charge in [0.1, 0.15) is 0 Å². The number of nitrogen functional groups attached to an aromatic ring is 1. The van der Waals surface area contributed by atoms with Crippen molar-refractivity contribution in [3.05, 3.63) is 48.0 Å². The number of rotatable bonds is 5. The molecule has 0 aliphatic rings. The molecule has 3 N–H and O–H groups in total. The number of methoxy groups -OCH3 is 1. The van der Waals surface area contributed by atoms with E-state index >= 15 is 0 Å². The largest absolute Gasteiger partial charge is 0.397 e. The summed E-state index contributed by atoms with van der Waals surface area (Å²) in [7, 11) is -1.61. The normalized spacial score (nSPS) is 11.3. The third-order valence-corrected chi connectivity index (χ3v) is 4.08. The minimum absolute atomic E-state index is 0.207. The molecule has 0 bridgehead atoms. The number of benzene rings is 2. The van der Waals surface area contributed by atoms with E-state index in [9.17, 15) is 8.42 Å². The van der Waals surface area contributed by atoms with E-state index in [4.69, 9.17) is 10.5 Å². The fourth-order valence-electron chi connectivity index (χ4n) is 1.95. The quantitative estimate of drug-likeness (QED) is 0.830. The molecule has 2 aromatic carbocycles. The first-order chi connectivity index (χ1) is 9.90. The number of nitrogens with two attached hydrogens (primary N) is 1. The van der Waals surface area contributed by atoms with Crippen molar-refractivity contribution in [3.8, 4) is 0 Å². The van der Waals surface area contributed by atoms with Crippen molar-refractivity contribution < 1.29 is 13.2 Å². The second-order valence-electron chi connectivity index (χ2n) is 4.78. The molecule has 6 heteroatoms. The van der Waals surface area contributed by atoms with E-state index in [1.54, 1.807) is 13.2 Å². The second-order valence-corrected chi connectivity index (χ2v) is 6.80. The zero-order chi connectivity index (χ0) is 15.5. The Morgan fingerprint density at radius 1 is 1.19 bits per heavy atom. The van der Waals surface area contributed by atoms with Crippen LogP contribution in [0.3, 0.4) is 0 Å². The zero-order valence-corrected chi connectivity index (χ0v) is 12.8. The molecule has 0 fully saturated rings. The topological polar surface area (TPSA) is 81.4 Å². The van der Waals surface area contributed by atoms with Crippen molar-refractivity contribution in [1.82, 2.24) is 0 Å². The highest BCUT2D eigenvalue weighted by Gasteiger charge is 2.09. The summed E-state index contributed by atoms with van der Waals surface area (Å²) in [4.78, 5) is 0.207. The van der Waals surface area contributed by atoms with Gasteiger partial charge in [-0.3, -0.25) is 0 Å². The maximum atomic E-state index is 11.5. The van der Waals surface area contributed by atoms with Gasteiger partial charge >= 0.3 is 0 Å². The minimum atomic E-state index is -3.25. The number of ether oxygens (including phenoxy) is 1. The highest BCUT2D eigenvalue weighted by atomic mass is 32.2. The summed E-state index contributed by atoms with van der Waals surface area (Å²) in [6.45, 7) is 0.526. The highest BCUT2D eigenvalue weighted by Crippen LogP contribution is 2.26. The molecule has 0 aromatic heterocycles. The molecule has 0 atom stereocenters. The lowest BCUT2D eigenvalue weighted by molar-refractivity contribution is 0.185. The molecule has 0 saturated heterocycles. The molecule has 21 heavy (non-hydrogen) atoms. The second kappa shape index (κ2) is 6.15. The van der Waals surface area contributed by atoms with Gasteiger partial charge in [-0.2, -0.15) is 0 Å². The molecular formula is C15H18N2O3S. The molecule has 0 aliphatic heterocycles. The first-order valence-corrected chi connectivity index (χ1v) is 8.24. The summed E-state index contributed by atoms with van der Waals surface area (Å²) in [6.07, 6.45) is 1.16. The van der Waals surface area contributed by atoms with Gasteiger partial charge in [-0.15, -0.1) is 0 Å². The lowest BCUT2D eigenvalue weighted by Gasteiger charge is -2.11. The first-order valence-electron chi connectivity index (χ1n) is 6.34. The molecule has 2 rings (SSSR count). The molecule has 0 heterocycles. The van der Waals surface area contributed by atoms with Gasteiger partial charge in [-0.25, -0.2) is 8.42 Å². The summed E-state index contributed by atoms with van der Waals surface area (Å²) in [6, 6.07) is 12.4. The van der Waals surface area contributed by atoms with Gasteiger partial charge in [0, 0.05) is 19.1 Å². The summed E-state index contributed by atoms with van der Waals surface area (Å²) in [5.74, 6) is 0. The smallest absolute Gasteiger partial charge is 0.175 e. The monoisotopic (exact) mass is 306 g/mol. The Labute approximate surface area is 124 Å². The van der Waals surface area contributed by atoms with E-state index in [1.165, 1.54) is 12.1 Å². The number of nitrogens with one attached hydrogen (secondary N) is 1. The lowest BCUT2D eigenvalue weighted by Crippen LogP contribution is -2.01. The fourth-order valence-corrected chi connectivity index (χ4v) is 2.60. The minimum Gasteiger partial charge on any atom is -0.397 e. The Bertz CT molecular complexity index is 742. The zero-order valence-electron chi connectivity index (χ0n) is 12.0. The van der Waals surface area contributed by atoms with E-state index in [0.29, 0.717) is 18.0 Å². The average Bonchev–Trinajstić information content (AvgIpc) is 2.41. The number of hydrogen-bond acceptors (Lipinski definition) is 5. The maximum absolute atomic E-state index is 11.5. The number of anilines is 3. The Morgan fingerprint density at radius 3 is 2.57 bits per heavy atom. The summed E-state index contributed by atoms with van der Waals surface area (Å²) < 4.78 is 28.1. The Morgan fingerprint density at radius 2 is 1.95 bits per heavy atom. The molecular weight excluding hydrogens is 288 g/mol. The van der Waals surface area contributed by atoms with E-state index in [0.717, 1.165) is 17.5 Å². The SMILES string of the molecule is COCc1cccc(Nc2ccc(S(C)(=O)=O)cc2N)c1. The Balaban J connectivity index is 2.26. The van der Waals surface area contributed by atoms with Crippen molar-refractivity contribution in [1.29, 1.82) is 0 Å². The Kier molecular flexibility index (Phi) is 4.50. The lowest BCUT2D eigenvalue weighted by atomic mass is 10.2. The van der Waals surface area contributed by atoms with Gasteiger partial charge in [-0.1, -0.05) is 12.1 Å². The number of hydrogen-bond donors (Lipinski definition) is 2. The highest BCUT2D eigenvalue weighted by molar-refractivity contribution is 7.90. The van der Waals surface area contributed by atoms with Crippen LogP contribution in [0.4, 0.5) is 17.1 Å². The van der Waals surface area contributed by atoms with E-state index < -0.39 is 9.84 Å². The molecule has 0 aliphatic carbocycles. The van der Waals surface area contributed by atoms with Crippen molar-refractivity contribution in [2.24, 2.45) is 0 Å². The van der Waals surface area contributed by atoms with Crippen LogP contribution in [0.15, 0.2) is 47.4 Å². The third kappa shape index (κ3) is 3.96. The van der Waals surface area contributed by atoms with Crippen molar-refractivity contribution in [2.45, 2.75) is 11.5 Å². The van der Waals surface area contributed by atoms with Crippen LogP contribution in [0, 0.1) is 0 Å². The van der Waals surface area contributed by atoms with Crippen LogP contribution in [0.25, 0.3) is 0 Å². The summed E-state index contributed by atoms with van der Waals surface area (Å²) in [5, 5.41) is 3.17. The van der Waals surface area contributed by atoms with E-state index in [1.807, 2.05) is 24.3 Å². The molecule has 0 amide bonds. The summed E-state index contributed by atoms with van der Waals surface area (Å²) in [5.41, 5.74) is 8.86. The van der Waals surface area contributed by atoms with Gasteiger partial charge in [0.05, 0.1) is 22.9 Å². The van der Waals surface area contributed by atoms with Gasteiger partial charge < -0.3 is 15.8 Å². The van der Waals surface area contributed by atoms with Crippen LogP contribution in [0.1, 0.15) is 5.56 Å². The van der Waals surface area contributed by atoms with Gasteiger partial charge in [0.2, 0.25) is 0 Å². The van der Waals surface area contributed by atoms with Gasteiger partial charge in [0.25, 0.3) is 0 Å². The van der Waals surface area contributed by atoms with Crippen molar-refractivity contribution in [3.63, 3.8) is 0 Å². The number of sulfone groups is 1. The van der Waals surface area contributed by atoms with Crippen molar-refractivity contribution >= 4 is 26.9 Å². The molecule has 0 unspecified atom stereocenters. The predicted molar refractivity (Wildman–Crippen MR) is 84.4 cm³/mol. The molecule has 2 aromatic rings. The van der Waals surface area contributed by atoms with Gasteiger partial charge in [0.15, 0.2) is 9.84 Å². The van der Waals surface area contributed by atoms with Crippen LogP contribution < -0.4 is 11.1 Å². The van der Waals surface area contributed by atoms with Crippen molar-refractivity contribution in [2.75, 3.05) is 24.4 Å². The maximum Gasteiger partial charge on any atom is 0.175 e. The fraction of sp³-hybridized carbons (Fsp3) is 0.200. The average molecular weight is 306 g/mol. The van der Waals surface area contributed by atoms with Crippen LogP contribution in [0.5, 0.6) is 0 Å². The third-order valence-electron chi connectivity index (χ3n) is 2.97. The molecule has 0 radical (unpaired) electrons. The standard InChI is InChI=1S/C15H18N2O3S/c1-20-10-11-4-3-5-12(8-11)17-15-7-6-13(9-14(15)16)21(2,18)19/h3-9,17H,10,16H2,1-2H3. The first kappa shape index (κ1) is 15.3. The molecule has 0 saturated carbocycles. The van der Waals surface area contributed by atoms with E-state index in [-0.39, 0.29) is 4.90 Å². The van der Waals surface area contributed by atoms with E-state index in [2.05, 4.69) is 5.32 Å². The molecule has 5 nitrogen and oxygen atoms in total. The molecule has 0 spiro atoms. The van der Waals surface area contributed by atoms with Gasteiger partial charge in [-0.05, 0) is 35.9 Å². The van der Waals surface area contributed by atoms with Crippen LogP contribution in [-0.4, -0.2) is 21.8 Å². The predicted octanol–water partition coefficient (Wildman–Crippen LogP) is 2.56.